The van der Waals surface area contributed by atoms with Crippen molar-refractivity contribution in [1.29, 1.82) is 0 Å². The van der Waals surface area contributed by atoms with Crippen LogP contribution in [0.5, 0.6) is 5.75 Å². The number of hydrogen-bond donors (Lipinski definition) is 2. The zero-order chi connectivity index (χ0) is 21.7. The summed E-state index contributed by atoms with van der Waals surface area (Å²) in [6.07, 6.45) is 0.711. The van der Waals surface area contributed by atoms with Crippen molar-refractivity contribution in [1.82, 2.24) is 14.9 Å². The number of guanidine groups is 1. The molecule has 7 nitrogen and oxygen atoms in total. The molecule has 0 aliphatic carbocycles. The van der Waals surface area contributed by atoms with Gasteiger partial charge in [0.15, 0.2) is 5.96 Å². The van der Waals surface area contributed by atoms with Crippen LogP contribution in [0.1, 0.15) is 24.0 Å². The second-order valence-corrected chi connectivity index (χ2v) is 8.89. The van der Waals surface area contributed by atoms with E-state index in [1.54, 1.807) is 14.2 Å². The van der Waals surface area contributed by atoms with Gasteiger partial charge in [0.05, 0.1) is 7.11 Å². The molecule has 164 valence electrons. The molecule has 29 heavy (non-hydrogen) atoms. The first-order valence-corrected chi connectivity index (χ1v) is 10.7. The summed E-state index contributed by atoms with van der Waals surface area (Å²) in [7, 11) is -2.00. The Hall–Kier alpha value is -2.01. The number of hydrogen-bond acceptors (Lipinski definition) is 4. The molecule has 0 radical (unpaired) electrons. The van der Waals surface area contributed by atoms with Crippen molar-refractivity contribution >= 4 is 16.0 Å². The number of halogens is 3. The molecule has 1 saturated heterocycles. The van der Waals surface area contributed by atoms with Gasteiger partial charge >= 0.3 is 15.5 Å². The number of alkyl halides is 3. The van der Waals surface area contributed by atoms with Crippen molar-refractivity contribution in [2.45, 2.75) is 31.8 Å². The third-order valence-electron chi connectivity index (χ3n) is 4.79. The van der Waals surface area contributed by atoms with Crippen molar-refractivity contribution in [2.24, 2.45) is 10.9 Å². The molecule has 0 spiro atoms. The van der Waals surface area contributed by atoms with Crippen molar-refractivity contribution in [3.8, 4) is 5.75 Å². The summed E-state index contributed by atoms with van der Waals surface area (Å²) in [5.41, 5.74) is -3.15. The van der Waals surface area contributed by atoms with Crippen LogP contribution in [0.3, 0.4) is 0 Å². The lowest BCUT2D eigenvalue weighted by Crippen LogP contribution is -2.47. The summed E-state index contributed by atoms with van der Waals surface area (Å²) in [5, 5.41) is 6.34. The Morgan fingerprint density at radius 1 is 1.24 bits per heavy atom. The van der Waals surface area contributed by atoms with Gasteiger partial charge in [-0.05, 0) is 48.9 Å². The van der Waals surface area contributed by atoms with Crippen LogP contribution in [0.25, 0.3) is 0 Å². The molecule has 11 heteroatoms. The number of piperidine rings is 1. The molecule has 2 rings (SSSR count). The van der Waals surface area contributed by atoms with Crippen LogP contribution in [0.15, 0.2) is 23.2 Å². The first kappa shape index (κ1) is 23.3. The minimum Gasteiger partial charge on any atom is -0.497 e. The van der Waals surface area contributed by atoms with Crippen molar-refractivity contribution in [2.75, 3.05) is 33.8 Å². The second-order valence-electron chi connectivity index (χ2n) is 6.96. The third-order valence-corrected chi connectivity index (χ3v) is 6.42. The Bertz CT molecular complexity index is 820. The molecule has 0 atom stereocenters. The summed E-state index contributed by atoms with van der Waals surface area (Å²) in [5.74, 6) is 1.40. The lowest BCUT2D eigenvalue weighted by Gasteiger charge is -2.31. The average molecular weight is 437 g/mol. The van der Waals surface area contributed by atoms with Crippen LogP contribution in [-0.4, -0.2) is 58.0 Å². The van der Waals surface area contributed by atoms with Gasteiger partial charge in [-0.2, -0.15) is 17.5 Å². The molecule has 1 aromatic carbocycles. The highest BCUT2D eigenvalue weighted by atomic mass is 32.2. The summed E-state index contributed by atoms with van der Waals surface area (Å²) < 4.78 is 66.6. The van der Waals surface area contributed by atoms with Gasteiger partial charge in [-0.1, -0.05) is 6.07 Å². The molecule has 0 unspecified atom stereocenters. The Morgan fingerprint density at radius 2 is 1.90 bits per heavy atom. The van der Waals surface area contributed by atoms with E-state index in [-0.39, 0.29) is 19.0 Å². The van der Waals surface area contributed by atoms with Crippen LogP contribution in [-0.2, 0) is 16.6 Å². The van der Waals surface area contributed by atoms with Gasteiger partial charge < -0.3 is 15.4 Å². The molecular weight excluding hydrogens is 409 g/mol. The smallest absolute Gasteiger partial charge is 0.497 e. The fraction of sp³-hybridized carbons (Fsp3) is 0.611. The summed E-state index contributed by atoms with van der Waals surface area (Å²) in [4.78, 5) is 4.15. The minimum absolute atomic E-state index is 0.0623. The SMILES string of the molecule is CN=C(NCc1cc(C)cc(OC)c1)NCC1CCN(S(=O)(=O)C(F)(F)F)CC1. The topological polar surface area (TPSA) is 83.0 Å². The van der Waals surface area contributed by atoms with Gasteiger partial charge in [-0.3, -0.25) is 4.99 Å². The lowest BCUT2D eigenvalue weighted by molar-refractivity contribution is -0.0496. The Labute approximate surface area is 169 Å². The van der Waals surface area contributed by atoms with E-state index in [2.05, 4.69) is 15.6 Å². The number of nitrogens with one attached hydrogen (secondary N) is 2. The number of sulfonamides is 1. The Morgan fingerprint density at radius 3 is 2.45 bits per heavy atom. The van der Waals surface area contributed by atoms with E-state index in [0.29, 0.717) is 36.2 Å². The van der Waals surface area contributed by atoms with Crippen molar-refractivity contribution < 1.29 is 26.3 Å². The standard InChI is InChI=1S/C18H27F3N4O3S/c1-13-8-15(10-16(9-13)28-3)12-24-17(22-2)23-11-14-4-6-25(7-5-14)29(26,27)18(19,20)21/h8-10,14H,4-7,11-12H2,1-3H3,(H2,22,23,24). The zero-order valence-corrected chi connectivity index (χ0v) is 17.5. The summed E-state index contributed by atoms with van der Waals surface area (Å²) in [6.45, 7) is 2.73. The maximum atomic E-state index is 12.6. The monoisotopic (exact) mass is 436 g/mol. The number of methoxy groups -OCH3 is 1. The molecular formula is C18H27F3N4O3S. The van der Waals surface area contributed by atoms with Gasteiger partial charge in [-0.25, -0.2) is 8.42 Å². The molecule has 0 amide bonds. The van der Waals surface area contributed by atoms with Crippen LogP contribution in [0, 0.1) is 12.8 Å². The minimum atomic E-state index is -5.25. The van der Waals surface area contributed by atoms with Gasteiger partial charge in [-0.15, -0.1) is 0 Å². The van der Waals surface area contributed by atoms with E-state index < -0.39 is 15.5 Å². The third kappa shape index (κ3) is 6.23. The van der Waals surface area contributed by atoms with E-state index in [4.69, 9.17) is 4.74 Å². The maximum Gasteiger partial charge on any atom is 0.511 e. The lowest BCUT2D eigenvalue weighted by atomic mass is 9.98. The molecule has 1 fully saturated rings. The van der Waals surface area contributed by atoms with Gasteiger partial charge in [0.2, 0.25) is 0 Å². The number of rotatable bonds is 6. The number of aryl methyl sites for hydroxylation is 1. The highest BCUT2D eigenvalue weighted by Gasteiger charge is 2.50. The van der Waals surface area contributed by atoms with Crippen molar-refractivity contribution in [3.63, 3.8) is 0 Å². The molecule has 1 aromatic rings. The van der Waals surface area contributed by atoms with E-state index in [0.717, 1.165) is 16.9 Å². The Kier molecular flexibility index (Phi) is 7.75. The van der Waals surface area contributed by atoms with E-state index in [9.17, 15) is 21.6 Å². The van der Waals surface area contributed by atoms with Crippen LogP contribution in [0.2, 0.25) is 0 Å². The van der Waals surface area contributed by atoms with Gasteiger partial charge in [0.25, 0.3) is 0 Å². The predicted octanol–water partition coefficient (Wildman–Crippen LogP) is 2.23. The molecule has 1 aliphatic heterocycles. The van der Waals surface area contributed by atoms with E-state index in [1.165, 1.54) is 0 Å². The highest BCUT2D eigenvalue weighted by molar-refractivity contribution is 7.90. The fourth-order valence-electron chi connectivity index (χ4n) is 3.19. The Balaban J connectivity index is 1.81. The molecule has 0 saturated carbocycles. The summed E-state index contributed by atoms with van der Waals surface area (Å²) in [6, 6.07) is 5.88. The van der Waals surface area contributed by atoms with Crippen LogP contribution < -0.4 is 15.4 Å². The van der Waals surface area contributed by atoms with Crippen LogP contribution >= 0.6 is 0 Å². The predicted molar refractivity (Wildman–Crippen MR) is 105 cm³/mol. The van der Waals surface area contributed by atoms with Crippen LogP contribution in [0.4, 0.5) is 13.2 Å². The number of benzene rings is 1. The number of ether oxygens (including phenoxy) is 1. The molecule has 0 aromatic heterocycles. The normalized spacial score (nSPS) is 17.2. The molecule has 0 bridgehead atoms. The van der Waals surface area contributed by atoms with E-state index in [1.807, 2.05) is 25.1 Å². The average Bonchev–Trinajstić information content (AvgIpc) is 2.67. The quantitative estimate of drug-likeness (QED) is 0.528. The highest BCUT2D eigenvalue weighted by Crippen LogP contribution is 2.30. The van der Waals surface area contributed by atoms with Gasteiger partial charge in [0.1, 0.15) is 5.75 Å². The van der Waals surface area contributed by atoms with E-state index >= 15 is 0 Å². The molecule has 1 aliphatic rings. The number of aliphatic imine (C=N–C) groups is 1. The maximum absolute atomic E-state index is 12.6. The largest absolute Gasteiger partial charge is 0.511 e. The second kappa shape index (κ2) is 9.66. The zero-order valence-electron chi connectivity index (χ0n) is 16.7. The molecule has 1 heterocycles. The van der Waals surface area contributed by atoms with Gasteiger partial charge in [0, 0.05) is 33.2 Å². The number of nitrogens with zero attached hydrogens (tertiary/aromatic N) is 2. The fourth-order valence-corrected chi connectivity index (χ4v) is 4.18. The van der Waals surface area contributed by atoms with Crippen molar-refractivity contribution in [3.05, 3.63) is 29.3 Å². The molecule has 2 N–H and O–H groups in total. The first-order valence-electron chi connectivity index (χ1n) is 9.22. The first-order chi connectivity index (χ1) is 13.6. The summed E-state index contributed by atoms with van der Waals surface area (Å²) >= 11 is 0.